The predicted molar refractivity (Wildman–Crippen MR) is 176 cm³/mol. The topological polar surface area (TPSA) is 160 Å². The molecule has 4 N–H and O–H groups in total. The van der Waals surface area contributed by atoms with E-state index in [-0.39, 0.29) is 24.2 Å². The molecule has 2 aromatic heterocycles. The zero-order valence-corrected chi connectivity index (χ0v) is 26.4. The van der Waals surface area contributed by atoms with Crippen LogP contribution in [0.15, 0.2) is 80.1 Å². The van der Waals surface area contributed by atoms with Crippen molar-refractivity contribution in [3.63, 3.8) is 0 Å². The molecule has 0 fully saturated rings. The Balaban J connectivity index is 1.43. The van der Waals surface area contributed by atoms with E-state index >= 15 is 4.39 Å². The summed E-state index contributed by atoms with van der Waals surface area (Å²) in [4.78, 5) is 65.6. The van der Waals surface area contributed by atoms with Gasteiger partial charge in [-0.25, -0.2) is 14.0 Å². The van der Waals surface area contributed by atoms with Gasteiger partial charge in [-0.05, 0) is 65.4 Å². The van der Waals surface area contributed by atoms with Crippen molar-refractivity contribution < 1.29 is 13.9 Å². The number of hydrogen-bond acceptors (Lipinski definition) is 7. The van der Waals surface area contributed by atoms with Gasteiger partial charge in [-0.1, -0.05) is 30.3 Å². The van der Waals surface area contributed by atoms with Crippen LogP contribution >= 0.6 is 0 Å². The number of rotatable bonds is 9. The van der Waals surface area contributed by atoms with Crippen molar-refractivity contribution in [2.45, 2.75) is 26.9 Å². The van der Waals surface area contributed by atoms with Crippen LogP contribution in [0.2, 0.25) is 0 Å². The highest BCUT2D eigenvalue weighted by atomic mass is 19.1. The van der Waals surface area contributed by atoms with Crippen LogP contribution in [0.4, 0.5) is 10.1 Å². The van der Waals surface area contributed by atoms with Crippen molar-refractivity contribution in [2.24, 2.45) is 14.1 Å². The van der Waals surface area contributed by atoms with E-state index in [0.29, 0.717) is 22.6 Å². The molecule has 3 aromatic carbocycles. The van der Waals surface area contributed by atoms with Gasteiger partial charge in [0.25, 0.3) is 17.0 Å². The fraction of sp³-hybridized carbons (Fsp3) is 0.206. The average molecular weight is 641 g/mol. The SMILES string of the molecule is COc1cc(-c2cccc(-c3cccc(NC(=O)c4cn(C)c(=O)n(C)c4=O)c3C)c2C)cc(F)c1CNCc1c[nH]c(=O)[nH]c1=O. The van der Waals surface area contributed by atoms with Gasteiger partial charge in [0.05, 0.1) is 7.11 Å². The molecule has 0 saturated heterocycles. The number of nitrogens with zero attached hydrogens (tertiary/aromatic N) is 2. The van der Waals surface area contributed by atoms with Crippen LogP contribution in [-0.2, 0) is 27.2 Å². The average Bonchev–Trinajstić information content (AvgIpc) is 3.04. The highest BCUT2D eigenvalue weighted by Gasteiger charge is 2.19. The second kappa shape index (κ2) is 13.3. The number of aromatic amines is 2. The summed E-state index contributed by atoms with van der Waals surface area (Å²) in [5.41, 5.74) is 3.14. The molecule has 0 unspecified atom stereocenters. The Morgan fingerprint density at radius 1 is 0.936 bits per heavy atom. The van der Waals surface area contributed by atoms with Crippen LogP contribution in [0.25, 0.3) is 22.3 Å². The molecule has 2 heterocycles. The molecule has 0 atom stereocenters. The fourth-order valence-corrected chi connectivity index (χ4v) is 5.47. The van der Waals surface area contributed by atoms with Crippen molar-refractivity contribution in [1.82, 2.24) is 24.4 Å². The summed E-state index contributed by atoms with van der Waals surface area (Å²) in [7, 11) is 4.23. The number of ether oxygens (including phenoxy) is 1. The zero-order valence-electron chi connectivity index (χ0n) is 26.4. The number of halogens is 1. The van der Waals surface area contributed by atoms with Crippen molar-refractivity contribution >= 4 is 11.6 Å². The summed E-state index contributed by atoms with van der Waals surface area (Å²) in [6.45, 7) is 3.93. The van der Waals surface area contributed by atoms with Gasteiger partial charge in [-0.2, -0.15) is 0 Å². The molecule has 0 aliphatic heterocycles. The van der Waals surface area contributed by atoms with Crippen molar-refractivity contribution in [3.8, 4) is 28.0 Å². The van der Waals surface area contributed by atoms with E-state index in [1.807, 2.05) is 38.1 Å². The standard InChI is InChI=1S/C34H33FN6O6/c1-18-22(20-12-27(35)25(29(13-20)47-5)16-36-14-21-15-37-33(45)39-30(21)42)8-6-9-23(18)24-10-7-11-28(19(24)2)38-31(43)26-17-40(3)34(46)41(4)32(26)44/h6-13,15,17,36H,14,16H2,1-5H3,(H,38,43)(H2,37,39,42,45). The molecule has 5 rings (SSSR count). The second-order valence-electron chi connectivity index (χ2n) is 11.1. The summed E-state index contributed by atoms with van der Waals surface area (Å²) in [6.07, 6.45) is 2.52. The van der Waals surface area contributed by atoms with Gasteiger partial charge in [0.15, 0.2) is 0 Å². The first kappa shape index (κ1) is 32.6. The number of anilines is 1. The first-order valence-electron chi connectivity index (χ1n) is 14.6. The molecule has 13 heteroatoms. The lowest BCUT2D eigenvalue weighted by atomic mass is 9.90. The summed E-state index contributed by atoms with van der Waals surface area (Å²) in [6, 6.07) is 14.3. The number of methoxy groups -OCH3 is 1. The van der Waals surface area contributed by atoms with E-state index in [9.17, 15) is 24.0 Å². The largest absolute Gasteiger partial charge is 0.496 e. The maximum Gasteiger partial charge on any atom is 0.330 e. The number of amides is 1. The molecular formula is C34H33FN6O6. The number of carbonyl (C=O) groups is 1. The Hall–Kier alpha value is -5.82. The second-order valence-corrected chi connectivity index (χ2v) is 11.1. The summed E-state index contributed by atoms with van der Waals surface area (Å²) >= 11 is 0. The van der Waals surface area contributed by atoms with Crippen LogP contribution in [-0.4, -0.2) is 32.1 Å². The highest BCUT2D eigenvalue weighted by Crippen LogP contribution is 2.37. The van der Waals surface area contributed by atoms with Gasteiger partial charge in [-0.15, -0.1) is 0 Å². The van der Waals surface area contributed by atoms with E-state index in [4.69, 9.17) is 4.74 Å². The maximum atomic E-state index is 15.6. The number of aromatic nitrogens is 4. The third-order valence-electron chi connectivity index (χ3n) is 8.10. The Labute approximate surface area is 267 Å². The van der Waals surface area contributed by atoms with Crippen LogP contribution in [0.3, 0.4) is 0 Å². The van der Waals surface area contributed by atoms with E-state index in [1.165, 1.54) is 44.2 Å². The Bertz CT molecular complexity index is 2270. The van der Waals surface area contributed by atoms with Gasteiger partial charge in [0, 0.05) is 56.4 Å². The lowest BCUT2D eigenvalue weighted by Gasteiger charge is -2.18. The van der Waals surface area contributed by atoms with Crippen molar-refractivity contribution in [2.75, 3.05) is 12.4 Å². The molecule has 0 aliphatic carbocycles. The third-order valence-corrected chi connectivity index (χ3v) is 8.10. The van der Waals surface area contributed by atoms with Gasteiger partial charge >= 0.3 is 11.4 Å². The minimum Gasteiger partial charge on any atom is -0.496 e. The number of aryl methyl sites for hydroxylation is 1. The molecule has 0 aliphatic rings. The van der Waals surface area contributed by atoms with Crippen LogP contribution in [0.1, 0.15) is 32.6 Å². The monoisotopic (exact) mass is 640 g/mol. The number of H-pyrrole nitrogens is 2. The van der Waals surface area contributed by atoms with Gasteiger partial charge in [0.2, 0.25) is 0 Å². The lowest BCUT2D eigenvalue weighted by Crippen LogP contribution is -2.40. The molecule has 0 saturated carbocycles. The molecule has 47 heavy (non-hydrogen) atoms. The van der Waals surface area contributed by atoms with Gasteiger partial charge in [-0.3, -0.25) is 23.9 Å². The van der Waals surface area contributed by atoms with Crippen molar-refractivity contribution in [3.05, 3.63) is 136 Å². The molecule has 0 bridgehead atoms. The van der Waals surface area contributed by atoms with E-state index in [1.54, 1.807) is 18.2 Å². The minimum absolute atomic E-state index is 0.0654. The number of benzene rings is 3. The summed E-state index contributed by atoms with van der Waals surface area (Å²) in [5, 5.41) is 5.82. The first-order chi connectivity index (χ1) is 22.4. The van der Waals surface area contributed by atoms with E-state index in [2.05, 4.69) is 20.6 Å². The Morgan fingerprint density at radius 3 is 2.32 bits per heavy atom. The highest BCUT2D eigenvalue weighted by molar-refractivity contribution is 6.04. The normalized spacial score (nSPS) is 11.0. The van der Waals surface area contributed by atoms with Gasteiger partial charge in [0.1, 0.15) is 17.1 Å². The molecule has 12 nitrogen and oxygen atoms in total. The molecule has 5 aromatic rings. The van der Waals surface area contributed by atoms with Crippen LogP contribution in [0, 0.1) is 19.7 Å². The predicted octanol–water partition coefficient (Wildman–Crippen LogP) is 3.10. The number of hydrogen-bond donors (Lipinski definition) is 4. The van der Waals surface area contributed by atoms with Crippen LogP contribution in [0.5, 0.6) is 5.75 Å². The molecule has 242 valence electrons. The third kappa shape index (κ3) is 6.47. The van der Waals surface area contributed by atoms with Crippen molar-refractivity contribution in [1.29, 1.82) is 0 Å². The molecule has 1 amide bonds. The Morgan fingerprint density at radius 2 is 1.62 bits per heavy atom. The smallest absolute Gasteiger partial charge is 0.330 e. The number of carbonyl (C=O) groups excluding carboxylic acids is 1. The molecule has 0 spiro atoms. The first-order valence-corrected chi connectivity index (χ1v) is 14.6. The quantitative estimate of drug-likeness (QED) is 0.193. The molecule has 0 radical (unpaired) electrons. The number of nitrogens with one attached hydrogen (secondary N) is 4. The Kier molecular flexibility index (Phi) is 9.19. The van der Waals surface area contributed by atoms with E-state index in [0.717, 1.165) is 32.4 Å². The van der Waals surface area contributed by atoms with E-state index < -0.39 is 34.2 Å². The summed E-state index contributed by atoms with van der Waals surface area (Å²) in [5.74, 6) is -0.829. The maximum absolute atomic E-state index is 15.6. The van der Waals surface area contributed by atoms with Gasteiger partial charge < -0.3 is 24.9 Å². The van der Waals surface area contributed by atoms with Crippen LogP contribution < -0.4 is 37.9 Å². The fourth-order valence-electron chi connectivity index (χ4n) is 5.47. The molecular weight excluding hydrogens is 607 g/mol. The zero-order chi connectivity index (χ0) is 34.0. The minimum atomic E-state index is -0.698. The lowest BCUT2D eigenvalue weighted by molar-refractivity contribution is 0.102. The summed E-state index contributed by atoms with van der Waals surface area (Å²) < 4.78 is 23.2.